The second-order valence-electron chi connectivity index (χ2n) is 8.37. The van der Waals surface area contributed by atoms with Gasteiger partial charge < -0.3 is 14.0 Å². The smallest absolute Gasteiger partial charge is 0.236 e. The van der Waals surface area contributed by atoms with Crippen LogP contribution in [0.2, 0.25) is 0 Å². The van der Waals surface area contributed by atoms with E-state index in [-0.39, 0.29) is 17.1 Å². The summed E-state index contributed by atoms with van der Waals surface area (Å²) in [7, 11) is -1.08. The van der Waals surface area contributed by atoms with E-state index in [1.54, 1.807) is 12.1 Å². The highest BCUT2D eigenvalue weighted by Crippen LogP contribution is 2.62. The van der Waals surface area contributed by atoms with Crippen LogP contribution in [-0.4, -0.2) is 30.9 Å². The van der Waals surface area contributed by atoms with E-state index in [1.165, 1.54) is 14.2 Å². The lowest BCUT2D eigenvalue weighted by Gasteiger charge is -2.30. The molecule has 1 fully saturated rings. The van der Waals surface area contributed by atoms with Crippen LogP contribution in [0.5, 0.6) is 11.5 Å². The molecule has 0 radical (unpaired) electrons. The number of hydrogen-bond acceptors (Lipinski definition) is 5. The second kappa shape index (κ2) is 9.40. The van der Waals surface area contributed by atoms with Gasteiger partial charge >= 0.3 is 0 Å². The van der Waals surface area contributed by atoms with Crippen LogP contribution < -0.4 is 9.47 Å². The average Bonchev–Trinajstić information content (AvgIpc) is 2.77. The van der Waals surface area contributed by atoms with Crippen LogP contribution >= 0.6 is 7.14 Å². The monoisotopic (exact) mass is 442 g/mol. The van der Waals surface area contributed by atoms with Crippen LogP contribution in [0.15, 0.2) is 30.3 Å². The first kappa shape index (κ1) is 23.3. The van der Waals surface area contributed by atoms with Gasteiger partial charge in [0.15, 0.2) is 0 Å². The van der Waals surface area contributed by atoms with Crippen molar-refractivity contribution in [2.45, 2.75) is 58.5 Å². The molecule has 2 aromatic rings. The Bertz CT molecular complexity index is 1000. The fourth-order valence-corrected chi connectivity index (χ4v) is 7.78. The van der Waals surface area contributed by atoms with Gasteiger partial charge in [0, 0.05) is 11.2 Å². The van der Waals surface area contributed by atoms with Gasteiger partial charge in [0.2, 0.25) is 18.2 Å². The summed E-state index contributed by atoms with van der Waals surface area (Å²) in [6.07, 6.45) is 3.97. The minimum Gasteiger partial charge on any atom is -0.496 e. The first-order valence-electron chi connectivity index (χ1n) is 10.7. The largest absolute Gasteiger partial charge is 0.496 e. The van der Waals surface area contributed by atoms with Crippen molar-refractivity contribution in [2.75, 3.05) is 14.2 Å². The minimum atomic E-state index is -4.01. The second-order valence-corrected chi connectivity index (χ2v) is 11.2. The molecule has 1 unspecified atom stereocenters. The van der Waals surface area contributed by atoms with Gasteiger partial charge in [-0.15, -0.1) is 0 Å². The molecular formula is C25H31O5P. The third kappa shape index (κ3) is 4.21. The van der Waals surface area contributed by atoms with E-state index in [1.807, 2.05) is 39.0 Å². The van der Waals surface area contributed by atoms with Gasteiger partial charge in [-0.1, -0.05) is 37.5 Å². The van der Waals surface area contributed by atoms with Crippen LogP contribution in [0.25, 0.3) is 0 Å². The van der Waals surface area contributed by atoms with Crippen molar-refractivity contribution in [3.63, 3.8) is 0 Å². The lowest BCUT2D eigenvalue weighted by molar-refractivity contribution is 0.103. The van der Waals surface area contributed by atoms with Crippen molar-refractivity contribution < 1.29 is 23.6 Å². The van der Waals surface area contributed by atoms with Gasteiger partial charge in [-0.25, -0.2) is 0 Å². The van der Waals surface area contributed by atoms with Gasteiger partial charge in [0.25, 0.3) is 0 Å². The third-order valence-corrected chi connectivity index (χ3v) is 9.45. The van der Waals surface area contributed by atoms with E-state index in [0.717, 1.165) is 36.0 Å². The number of aryl methyl sites for hydroxylation is 3. The number of benzene rings is 2. The Kier molecular flexibility index (Phi) is 7.06. The molecule has 3 rings (SSSR count). The van der Waals surface area contributed by atoms with Gasteiger partial charge in [-0.2, -0.15) is 0 Å². The summed E-state index contributed by atoms with van der Waals surface area (Å²) in [5.41, 5.74) is 1.16. The first-order valence-corrected chi connectivity index (χ1v) is 12.5. The van der Waals surface area contributed by atoms with Crippen molar-refractivity contribution in [2.24, 2.45) is 0 Å². The molecule has 6 heteroatoms. The van der Waals surface area contributed by atoms with E-state index >= 15 is 0 Å². The maximum absolute atomic E-state index is 14.7. The van der Waals surface area contributed by atoms with Crippen LogP contribution in [0.4, 0.5) is 0 Å². The van der Waals surface area contributed by atoms with Crippen molar-refractivity contribution in [3.05, 3.63) is 58.1 Å². The van der Waals surface area contributed by atoms with E-state index < -0.39 is 23.8 Å². The topological polar surface area (TPSA) is 69.7 Å². The molecule has 0 amide bonds. The molecule has 1 saturated carbocycles. The van der Waals surface area contributed by atoms with Crippen molar-refractivity contribution >= 4 is 18.2 Å². The number of carbonyl (C=O) groups is 2. The molecule has 0 aliphatic heterocycles. The number of ether oxygens (including phenoxy) is 2. The summed E-state index contributed by atoms with van der Waals surface area (Å²) in [5.74, 6) is 0.569. The van der Waals surface area contributed by atoms with Gasteiger partial charge in [0.1, 0.15) is 17.1 Å². The molecule has 5 nitrogen and oxygen atoms in total. The molecule has 0 N–H and O–H groups in total. The maximum Gasteiger partial charge on any atom is 0.236 e. The zero-order valence-corrected chi connectivity index (χ0v) is 19.9. The summed E-state index contributed by atoms with van der Waals surface area (Å²) in [5, 5.41) is 0. The molecule has 1 atom stereocenters. The summed E-state index contributed by atoms with van der Waals surface area (Å²) in [4.78, 5) is 28.0. The fraction of sp³-hybridized carbons (Fsp3) is 0.440. The third-order valence-electron chi connectivity index (χ3n) is 6.25. The first-order chi connectivity index (χ1) is 14.7. The predicted octanol–water partition coefficient (Wildman–Crippen LogP) is 6.31. The lowest BCUT2D eigenvalue weighted by atomic mass is 10.0. The highest BCUT2D eigenvalue weighted by Gasteiger charge is 2.49. The van der Waals surface area contributed by atoms with E-state index in [4.69, 9.17) is 9.47 Å². The van der Waals surface area contributed by atoms with Crippen molar-refractivity contribution in [1.82, 2.24) is 0 Å². The molecule has 1 aliphatic rings. The minimum absolute atomic E-state index is 0.101. The summed E-state index contributed by atoms with van der Waals surface area (Å²) >= 11 is 0. The van der Waals surface area contributed by atoms with Crippen molar-refractivity contribution in [1.29, 1.82) is 0 Å². The standard InChI is InChI=1S/C25H31O5P/c1-16-14-20(29-4)23(21(15-16)30-5)25(27)31(28,19-12-7-6-8-13-19)24(26)22-17(2)10-9-11-18(22)3/h9-11,14-15,19H,6-8,12-13H2,1-5H3. The van der Waals surface area contributed by atoms with E-state index in [0.29, 0.717) is 18.4 Å². The Morgan fingerprint density at radius 3 is 1.81 bits per heavy atom. The van der Waals surface area contributed by atoms with Crippen LogP contribution in [-0.2, 0) is 4.57 Å². The number of methoxy groups -OCH3 is 2. The van der Waals surface area contributed by atoms with Gasteiger partial charge in [0.05, 0.1) is 14.2 Å². The summed E-state index contributed by atoms with van der Waals surface area (Å²) < 4.78 is 25.6. The Balaban J connectivity index is 2.25. The lowest BCUT2D eigenvalue weighted by Crippen LogP contribution is -2.25. The fourth-order valence-electron chi connectivity index (χ4n) is 4.61. The van der Waals surface area contributed by atoms with Crippen molar-refractivity contribution in [3.8, 4) is 11.5 Å². The van der Waals surface area contributed by atoms with Crippen LogP contribution in [0.1, 0.15) is 69.5 Å². The Labute approximate surface area is 184 Å². The maximum atomic E-state index is 14.7. The Morgan fingerprint density at radius 2 is 1.32 bits per heavy atom. The Morgan fingerprint density at radius 1 is 0.839 bits per heavy atom. The molecule has 2 aromatic carbocycles. The van der Waals surface area contributed by atoms with Gasteiger partial charge in [-0.3, -0.25) is 9.59 Å². The molecule has 0 aromatic heterocycles. The molecular weight excluding hydrogens is 411 g/mol. The quantitative estimate of drug-likeness (QED) is 0.470. The average molecular weight is 442 g/mol. The number of rotatable bonds is 7. The molecule has 31 heavy (non-hydrogen) atoms. The van der Waals surface area contributed by atoms with E-state index in [2.05, 4.69) is 0 Å². The molecule has 0 spiro atoms. The SMILES string of the molecule is COc1cc(C)cc(OC)c1C(=O)P(=O)(C(=O)c1c(C)cccc1C)C1CCCCC1. The molecule has 0 heterocycles. The zero-order chi connectivity index (χ0) is 22.8. The predicted molar refractivity (Wildman–Crippen MR) is 123 cm³/mol. The van der Waals surface area contributed by atoms with Gasteiger partial charge in [-0.05, 0) is 62.4 Å². The highest BCUT2D eigenvalue weighted by atomic mass is 31.2. The molecule has 166 valence electrons. The van der Waals surface area contributed by atoms with Crippen LogP contribution in [0.3, 0.4) is 0 Å². The molecule has 1 aliphatic carbocycles. The summed E-state index contributed by atoms with van der Waals surface area (Å²) in [6, 6.07) is 8.93. The number of carbonyl (C=O) groups excluding carboxylic acids is 2. The molecule has 0 saturated heterocycles. The van der Waals surface area contributed by atoms with E-state index in [9.17, 15) is 14.2 Å². The zero-order valence-electron chi connectivity index (χ0n) is 19.0. The number of hydrogen-bond donors (Lipinski definition) is 0. The highest BCUT2D eigenvalue weighted by molar-refractivity contribution is 7.96. The molecule has 0 bridgehead atoms. The summed E-state index contributed by atoms with van der Waals surface area (Å²) in [6.45, 7) is 5.51. The normalized spacial score (nSPS) is 16.4. The Hall–Kier alpha value is -2.39. The van der Waals surface area contributed by atoms with Crippen LogP contribution in [0, 0.1) is 20.8 Å².